The van der Waals surface area contributed by atoms with E-state index >= 15 is 0 Å². The summed E-state index contributed by atoms with van der Waals surface area (Å²) >= 11 is 0. The average Bonchev–Trinajstić information content (AvgIpc) is 2.32. The Morgan fingerprint density at radius 1 is 1.26 bits per heavy atom. The van der Waals surface area contributed by atoms with Crippen LogP contribution >= 0.6 is 0 Å². The van der Waals surface area contributed by atoms with Crippen molar-refractivity contribution in [1.29, 1.82) is 0 Å². The Morgan fingerprint density at radius 3 is 2.58 bits per heavy atom. The fourth-order valence-corrected chi connectivity index (χ4v) is 2.59. The molecule has 1 unspecified atom stereocenters. The molecule has 0 amide bonds. The quantitative estimate of drug-likeness (QED) is 0.689. The minimum atomic E-state index is -0.134. The molecule has 1 atom stereocenters. The van der Waals surface area contributed by atoms with Crippen molar-refractivity contribution in [3.05, 3.63) is 35.1 Å². The van der Waals surface area contributed by atoms with Gasteiger partial charge in [-0.3, -0.25) is 0 Å². The van der Waals surface area contributed by atoms with Crippen LogP contribution in [0.5, 0.6) is 0 Å². The third-order valence-electron chi connectivity index (χ3n) is 3.48. The topological polar surface area (TPSA) is 12.0 Å². The molecule has 0 bridgehead atoms. The Bertz CT molecular complexity index is 374. The van der Waals surface area contributed by atoms with Gasteiger partial charge in [-0.05, 0) is 74.4 Å². The number of halogens is 1. The molecule has 0 heterocycles. The Balaban J connectivity index is 2.64. The zero-order chi connectivity index (χ0) is 14.3. The molecule has 0 aliphatic heterocycles. The first-order chi connectivity index (χ1) is 9.02. The van der Waals surface area contributed by atoms with Crippen LogP contribution in [-0.4, -0.2) is 13.1 Å². The first-order valence-electron chi connectivity index (χ1n) is 7.48. The van der Waals surface area contributed by atoms with Gasteiger partial charge in [0.05, 0.1) is 0 Å². The molecule has 19 heavy (non-hydrogen) atoms. The number of hydrogen-bond acceptors (Lipinski definition) is 1. The lowest BCUT2D eigenvalue weighted by molar-refractivity contribution is 0.385. The SMILES string of the molecule is CCCNCC(Cc1ccc(F)cc1C)CC(C)C. The molecule has 1 aromatic carbocycles. The van der Waals surface area contributed by atoms with Crippen molar-refractivity contribution < 1.29 is 4.39 Å². The van der Waals surface area contributed by atoms with Crippen molar-refractivity contribution in [3.63, 3.8) is 0 Å². The molecule has 1 aromatic rings. The van der Waals surface area contributed by atoms with Gasteiger partial charge in [0.25, 0.3) is 0 Å². The summed E-state index contributed by atoms with van der Waals surface area (Å²) < 4.78 is 13.1. The molecular formula is C17H28FN. The van der Waals surface area contributed by atoms with E-state index in [0.717, 1.165) is 25.1 Å². The highest BCUT2D eigenvalue weighted by Gasteiger charge is 2.13. The van der Waals surface area contributed by atoms with Crippen molar-refractivity contribution >= 4 is 0 Å². The molecule has 0 aliphatic rings. The maximum atomic E-state index is 13.1. The van der Waals surface area contributed by atoms with E-state index in [2.05, 4.69) is 26.1 Å². The summed E-state index contributed by atoms with van der Waals surface area (Å²) in [4.78, 5) is 0. The van der Waals surface area contributed by atoms with Crippen LogP contribution in [0, 0.1) is 24.6 Å². The van der Waals surface area contributed by atoms with E-state index in [4.69, 9.17) is 0 Å². The molecular weight excluding hydrogens is 237 g/mol. The average molecular weight is 265 g/mol. The van der Waals surface area contributed by atoms with Crippen molar-refractivity contribution in [3.8, 4) is 0 Å². The van der Waals surface area contributed by atoms with Crippen LogP contribution in [0.1, 0.15) is 44.7 Å². The normalized spacial score (nSPS) is 12.9. The fourth-order valence-electron chi connectivity index (χ4n) is 2.59. The van der Waals surface area contributed by atoms with Crippen LogP contribution in [-0.2, 0) is 6.42 Å². The Kier molecular flexibility index (Phi) is 7.07. The van der Waals surface area contributed by atoms with Gasteiger partial charge in [0.15, 0.2) is 0 Å². The van der Waals surface area contributed by atoms with Gasteiger partial charge in [-0.15, -0.1) is 0 Å². The van der Waals surface area contributed by atoms with Gasteiger partial charge < -0.3 is 5.32 Å². The summed E-state index contributed by atoms with van der Waals surface area (Å²) in [7, 11) is 0. The van der Waals surface area contributed by atoms with Crippen LogP contribution in [0.2, 0.25) is 0 Å². The zero-order valence-corrected chi connectivity index (χ0v) is 12.8. The lowest BCUT2D eigenvalue weighted by Gasteiger charge is -2.20. The molecule has 0 saturated heterocycles. The summed E-state index contributed by atoms with van der Waals surface area (Å²) in [5.74, 6) is 1.20. The van der Waals surface area contributed by atoms with Crippen molar-refractivity contribution in [2.24, 2.45) is 11.8 Å². The van der Waals surface area contributed by atoms with Gasteiger partial charge >= 0.3 is 0 Å². The highest BCUT2D eigenvalue weighted by Crippen LogP contribution is 2.20. The second-order valence-electron chi connectivity index (χ2n) is 5.97. The molecule has 0 radical (unpaired) electrons. The largest absolute Gasteiger partial charge is 0.316 e. The van der Waals surface area contributed by atoms with E-state index in [-0.39, 0.29) is 5.82 Å². The molecule has 0 saturated carbocycles. The van der Waals surface area contributed by atoms with Gasteiger partial charge in [-0.25, -0.2) is 4.39 Å². The first-order valence-corrected chi connectivity index (χ1v) is 7.48. The summed E-state index contributed by atoms with van der Waals surface area (Å²) in [5.41, 5.74) is 2.36. The van der Waals surface area contributed by atoms with E-state index in [1.54, 1.807) is 12.1 Å². The molecule has 0 fully saturated rings. The van der Waals surface area contributed by atoms with Gasteiger partial charge in [0.1, 0.15) is 5.82 Å². The second-order valence-corrected chi connectivity index (χ2v) is 5.97. The predicted molar refractivity (Wildman–Crippen MR) is 80.9 cm³/mol. The summed E-state index contributed by atoms with van der Waals surface area (Å²) in [6.07, 6.45) is 3.43. The Morgan fingerprint density at radius 2 is 2.00 bits per heavy atom. The highest BCUT2D eigenvalue weighted by atomic mass is 19.1. The van der Waals surface area contributed by atoms with Gasteiger partial charge in [-0.1, -0.05) is 26.8 Å². The van der Waals surface area contributed by atoms with Gasteiger partial charge in [0.2, 0.25) is 0 Å². The minimum Gasteiger partial charge on any atom is -0.316 e. The first kappa shape index (κ1) is 16.2. The van der Waals surface area contributed by atoms with E-state index in [0.29, 0.717) is 11.8 Å². The van der Waals surface area contributed by atoms with E-state index in [9.17, 15) is 4.39 Å². The fraction of sp³-hybridized carbons (Fsp3) is 0.647. The molecule has 0 spiro atoms. The number of rotatable bonds is 8. The molecule has 108 valence electrons. The van der Waals surface area contributed by atoms with Crippen LogP contribution in [0.4, 0.5) is 4.39 Å². The lowest BCUT2D eigenvalue weighted by atomic mass is 9.89. The van der Waals surface area contributed by atoms with Crippen LogP contribution in [0.3, 0.4) is 0 Å². The molecule has 1 rings (SSSR count). The molecule has 1 N–H and O–H groups in total. The second kappa shape index (κ2) is 8.31. The molecule has 0 aromatic heterocycles. The van der Waals surface area contributed by atoms with E-state index in [1.807, 2.05) is 13.0 Å². The highest BCUT2D eigenvalue weighted by molar-refractivity contribution is 5.27. The number of aryl methyl sites for hydroxylation is 1. The molecule has 2 heteroatoms. The van der Waals surface area contributed by atoms with Crippen molar-refractivity contribution in [2.75, 3.05) is 13.1 Å². The maximum Gasteiger partial charge on any atom is 0.123 e. The molecule has 1 nitrogen and oxygen atoms in total. The van der Waals surface area contributed by atoms with Crippen molar-refractivity contribution in [1.82, 2.24) is 5.32 Å². The number of nitrogens with one attached hydrogen (secondary N) is 1. The van der Waals surface area contributed by atoms with Crippen LogP contribution in [0.25, 0.3) is 0 Å². The Hall–Kier alpha value is -0.890. The van der Waals surface area contributed by atoms with Gasteiger partial charge in [-0.2, -0.15) is 0 Å². The standard InChI is InChI=1S/C17H28FN/c1-5-8-19-12-15(9-13(2)3)11-16-6-7-17(18)10-14(16)4/h6-7,10,13,15,19H,5,8-9,11-12H2,1-4H3. The smallest absolute Gasteiger partial charge is 0.123 e. The van der Waals surface area contributed by atoms with Crippen LogP contribution in [0.15, 0.2) is 18.2 Å². The van der Waals surface area contributed by atoms with Crippen LogP contribution < -0.4 is 5.32 Å². The number of benzene rings is 1. The summed E-state index contributed by atoms with van der Waals surface area (Å²) in [5, 5.41) is 3.52. The summed E-state index contributed by atoms with van der Waals surface area (Å²) in [6, 6.07) is 5.16. The number of hydrogen-bond donors (Lipinski definition) is 1. The monoisotopic (exact) mass is 265 g/mol. The minimum absolute atomic E-state index is 0.134. The van der Waals surface area contributed by atoms with Gasteiger partial charge in [0, 0.05) is 0 Å². The Labute approximate surface area is 117 Å². The van der Waals surface area contributed by atoms with E-state index in [1.165, 1.54) is 18.4 Å². The molecule has 0 aliphatic carbocycles. The zero-order valence-electron chi connectivity index (χ0n) is 12.8. The third-order valence-corrected chi connectivity index (χ3v) is 3.48. The maximum absolute atomic E-state index is 13.1. The summed E-state index contributed by atoms with van der Waals surface area (Å²) in [6.45, 7) is 10.9. The predicted octanol–water partition coefficient (Wildman–Crippen LogP) is 4.34. The lowest BCUT2D eigenvalue weighted by Crippen LogP contribution is -2.26. The van der Waals surface area contributed by atoms with E-state index < -0.39 is 0 Å². The third kappa shape index (κ3) is 6.20. The van der Waals surface area contributed by atoms with Crippen molar-refractivity contribution in [2.45, 2.75) is 47.0 Å².